The van der Waals surface area contributed by atoms with Crippen LogP contribution in [0.25, 0.3) is 22.4 Å². The van der Waals surface area contributed by atoms with Gasteiger partial charge in [0.2, 0.25) is 0 Å². The molecule has 0 N–H and O–H groups in total. The van der Waals surface area contributed by atoms with Gasteiger partial charge < -0.3 is 19.6 Å². The van der Waals surface area contributed by atoms with Gasteiger partial charge in [0.15, 0.2) is 0 Å². The molecule has 11 rings (SSSR count). The topological polar surface area (TPSA) is 38.7 Å². The minimum atomic E-state index is 0.934. The number of aromatic nitrogens is 2. The fourth-order valence-electron chi connectivity index (χ4n) is 8.53. The van der Waals surface area contributed by atoms with Crippen molar-refractivity contribution >= 4 is 68.2 Å². The summed E-state index contributed by atoms with van der Waals surface area (Å²) in [6, 6.07) is 70.7. The number of hydrogen-bond acceptors (Lipinski definition) is 6. The summed E-state index contributed by atoms with van der Waals surface area (Å²) in [7, 11) is 0. The van der Waals surface area contributed by atoms with Crippen LogP contribution in [0.2, 0.25) is 0 Å². The molecular formula is C52H36N6. The van der Waals surface area contributed by atoms with Gasteiger partial charge in [-0.05, 0) is 90.5 Å². The molecule has 7 aromatic carbocycles. The van der Waals surface area contributed by atoms with Crippen LogP contribution in [0.15, 0.2) is 219 Å². The Balaban J connectivity index is 1.18. The van der Waals surface area contributed by atoms with Crippen molar-refractivity contribution < 1.29 is 0 Å². The lowest BCUT2D eigenvalue weighted by molar-refractivity contribution is 1.13. The monoisotopic (exact) mass is 744 g/mol. The number of nitrogens with zero attached hydrogens (tertiary/aromatic N) is 6. The Bertz CT molecular complexity index is 2660. The molecule has 2 aliphatic heterocycles. The van der Waals surface area contributed by atoms with Gasteiger partial charge in [0.05, 0.1) is 75.0 Å². The Morgan fingerprint density at radius 1 is 0.276 bits per heavy atom. The van der Waals surface area contributed by atoms with E-state index in [-0.39, 0.29) is 0 Å². The van der Waals surface area contributed by atoms with Crippen LogP contribution >= 0.6 is 0 Å². The molecule has 274 valence electrons. The Hall–Kier alpha value is -7.96. The summed E-state index contributed by atoms with van der Waals surface area (Å²) in [6.07, 6.45) is 5.89. The van der Waals surface area contributed by atoms with Crippen molar-refractivity contribution in [3.63, 3.8) is 0 Å². The van der Waals surface area contributed by atoms with Gasteiger partial charge in [-0.25, -0.2) is 0 Å². The highest BCUT2D eigenvalue weighted by molar-refractivity contribution is 6.09. The lowest BCUT2D eigenvalue weighted by atomic mass is 9.96. The summed E-state index contributed by atoms with van der Waals surface area (Å²) in [5, 5.41) is 0. The lowest BCUT2D eigenvalue weighted by Crippen LogP contribution is -2.26. The summed E-state index contributed by atoms with van der Waals surface area (Å²) in [5.74, 6) is 0. The van der Waals surface area contributed by atoms with E-state index in [0.29, 0.717) is 0 Å². The van der Waals surface area contributed by atoms with Crippen molar-refractivity contribution in [3.05, 3.63) is 219 Å². The molecule has 2 aromatic heterocycles. The van der Waals surface area contributed by atoms with Crippen LogP contribution in [0.4, 0.5) is 68.2 Å². The molecule has 0 fully saturated rings. The number of para-hydroxylation sites is 10. The maximum absolute atomic E-state index is 5.11. The number of fused-ring (bicyclic) bond motifs is 4. The van der Waals surface area contributed by atoms with Crippen molar-refractivity contribution in [1.29, 1.82) is 0 Å². The molecule has 4 heterocycles. The summed E-state index contributed by atoms with van der Waals surface area (Å²) < 4.78 is 0. The minimum Gasteiger partial charge on any atom is -0.306 e. The highest BCUT2D eigenvalue weighted by atomic mass is 15.3. The van der Waals surface area contributed by atoms with Crippen LogP contribution in [-0.4, -0.2) is 9.97 Å². The fraction of sp³-hybridized carbons (Fsp3) is 0. The second-order valence-corrected chi connectivity index (χ2v) is 14.3. The number of benzene rings is 7. The van der Waals surface area contributed by atoms with Crippen molar-refractivity contribution in [2.24, 2.45) is 0 Å². The van der Waals surface area contributed by atoms with E-state index in [1.165, 1.54) is 0 Å². The SMILES string of the molecule is c1ccc(N2c3ccccc3N(c3cncc(N4c5ccccc5N(c5ccccc5)c5ccccc54)c3-c3ccc(-c4ccccn4)cc3)c3ccccc32)cc1. The molecule has 0 bridgehead atoms. The first-order valence-corrected chi connectivity index (χ1v) is 19.5. The molecule has 0 saturated heterocycles. The highest BCUT2D eigenvalue weighted by Crippen LogP contribution is 2.59. The smallest absolute Gasteiger partial charge is 0.0746 e. The molecule has 0 amide bonds. The van der Waals surface area contributed by atoms with E-state index in [4.69, 9.17) is 4.98 Å². The van der Waals surface area contributed by atoms with Crippen LogP contribution in [-0.2, 0) is 0 Å². The van der Waals surface area contributed by atoms with Gasteiger partial charge in [-0.15, -0.1) is 0 Å². The molecular weight excluding hydrogens is 709 g/mol. The largest absolute Gasteiger partial charge is 0.306 e. The third kappa shape index (κ3) is 5.42. The van der Waals surface area contributed by atoms with E-state index in [1.807, 2.05) is 30.7 Å². The second kappa shape index (κ2) is 14.0. The maximum atomic E-state index is 5.11. The normalized spacial score (nSPS) is 12.7. The predicted octanol–water partition coefficient (Wildman–Crippen LogP) is 14.3. The molecule has 0 aliphatic carbocycles. The quantitative estimate of drug-likeness (QED) is 0.169. The average molecular weight is 745 g/mol. The summed E-state index contributed by atoms with van der Waals surface area (Å²) >= 11 is 0. The van der Waals surface area contributed by atoms with Gasteiger partial charge in [-0.2, -0.15) is 0 Å². The van der Waals surface area contributed by atoms with Gasteiger partial charge in [0.1, 0.15) is 0 Å². The third-order valence-electron chi connectivity index (χ3n) is 11.0. The van der Waals surface area contributed by atoms with Crippen LogP contribution in [0.3, 0.4) is 0 Å². The molecule has 0 saturated carbocycles. The summed E-state index contributed by atoms with van der Waals surface area (Å²) in [6.45, 7) is 0. The molecule has 58 heavy (non-hydrogen) atoms. The Kier molecular flexibility index (Phi) is 8.04. The van der Waals surface area contributed by atoms with Crippen molar-refractivity contribution in [3.8, 4) is 22.4 Å². The van der Waals surface area contributed by atoms with Crippen LogP contribution < -0.4 is 19.6 Å². The van der Waals surface area contributed by atoms with E-state index >= 15 is 0 Å². The predicted molar refractivity (Wildman–Crippen MR) is 239 cm³/mol. The maximum Gasteiger partial charge on any atom is 0.0746 e. The minimum absolute atomic E-state index is 0.934. The van der Waals surface area contributed by atoms with Crippen molar-refractivity contribution in [2.75, 3.05) is 19.6 Å². The van der Waals surface area contributed by atoms with Crippen molar-refractivity contribution in [1.82, 2.24) is 9.97 Å². The van der Waals surface area contributed by atoms with Gasteiger partial charge >= 0.3 is 0 Å². The number of pyridine rings is 2. The first-order valence-electron chi connectivity index (χ1n) is 19.5. The molecule has 9 aromatic rings. The van der Waals surface area contributed by atoms with E-state index in [1.54, 1.807) is 0 Å². The number of anilines is 12. The zero-order valence-corrected chi connectivity index (χ0v) is 31.5. The zero-order valence-electron chi connectivity index (χ0n) is 31.5. The fourth-order valence-corrected chi connectivity index (χ4v) is 8.53. The number of hydrogen-bond donors (Lipinski definition) is 0. The first kappa shape index (κ1) is 33.4. The Labute approximate surface area is 337 Å². The standard InChI is InChI=1S/C52H36N6/c1-3-17-39(18-4-1)55-42-22-7-11-26-46(42)57(47-27-12-8-23-43(47)55)50-35-53-36-51(52(50)38-32-30-37(31-33-38)41-21-15-16-34-54-41)58-48-28-13-9-24-44(48)56(40-19-5-2-6-20-40)45-25-10-14-29-49(45)58/h1-36H. The van der Waals surface area contributed by atoms with Gasteiger partial charge in [0.25, 0.3) is 0 Å². The Morgan fingerprint density at radius 2 is 0.621 bits per heavy atom. The van der Waals surface area contributed by atoms with E-state index in [9.17, 15) is 0 Å². The van der Waals surface area contributed by atoms with E-state index in [2.05, 4.69) is 213 Å². The molecule has 6 nitrogen and oxygen atoms in total. The van der Waals surface area contributed by atoms with Gasteiger partial charge in [-0.1, -0.05) is 115 Å². The van der Waals surface area contributed by atoms with Gasteiger partial charge in [-0.3, -0.25) is 9.97 Å². The van der Waals surface area contributed by atoms with E-state index < -0.39 is 0 Å². The average Bonchev–Trinajstić information content (AvgIpc) is 3.30. The zero-order chi connectivity index (χ0) is 38.4. The van der Waals surface area contributed by atoms with E-state index in [0.717, 1.165) is 90.6 Å². The Morgan fingerprint density at radius 3 is 1.00 bits per heavy atom. The highest BCUT2D eigenvalue weighted by Gasteiger charge is 2.36. The molecule has 0 atom stereocenters. The molecule has 2 aliphatic rings. The lowest BCUT2D eigenvalue weighted by Gasteiger charge is -2.43. The molecule has 0 radical (unpaired) electrons. The van der Waals surface area contributed by atoms with Gasteiger partial charge in [0, 0.05) is 28.7 Å². The molecule has 0 unspecified atom stereocenters. The summed E-state index contributed by atoms with van der Waals surface area (Å²) in [4.78, 5) is 19.3. The third-order valence-corrected chi connectivity index (χ3v) is 11.0. The summed E-state index contributed by atoms with van der Waals surface area (Å²) in [5.41, 5.74) is 16.8. The molecule has 6 heteroatoms. The van der Waals surface area contributed by atoms with Crippen LogP contribution in [0.1, 0.15) is 0 Å². The first-order chi connectivity index (χ1) is 28.8. The van der Waals surface area contributed by atoms with Crippen LogP contribution in [0, 0.1) is 0 Å². The van der Waals surface area contributed by atoms with Crippen LogP contribution in [0.5, 0.6) is 0 Å². The second-order valence-electron chi connectivity index (χ2n) is 14.3. The van der Waals surface area contributed by atoms with Crippen molar-refractivity contribution in [2.45, 2.75) is 0 Å². The number of rotatable bonds is 6. The molecule has 0 spiro atoms.